The molecule has 1 N–H and O–H groups in total. The molecule has 4 heteroatoms. The molecule has 0 aromatic carbocycles. The van der Waals surface area contributed by atoms with E-state index in [2.05, 4.69) is 23.8 Å². The third-order valence-electron chi connectivity index (χ3n) is 6.15. The normalized spacial score (nSPS) is 31.3. The average Bonchev–Trinajstić information content (AvgIpc) is 3.02. The highest BCUT2D eigenvalue weighted by Gasteiger charge is 2.45. The summed E-state index contributed by atoms with van der Waals surface area (Å²) in [6.45, 7) is 2.22. The fraction of sp³-hybridized carbons (Fsp3) is 0.864. The van der Waals surface area contributed by atoms with Crippen LogP contribution in [0.1, 0.15) is 90.4 Å². The first-order chi connectivity index (χ1) is 12.6. The summed E-state index contributed by atoms with van der Waals surface area (Å²) >= 11 is 1.90. The summed E-state index contributed by atoms with van der Waals surface area (Å²) in [6.07, 6.45) is 18.8. The van der Waals surface area contributed by atoms with Crippen molar-refractivity contribution < 1.29 is 14.6 Å². The van der Waals surface area contributed by atoms with Crippen LogP contribution in [0.25, 0.3) is 0 Å². The number of ether oxygens (including phenoxy) is 1. The van der Waals surface area contributed by atoms with Gasteiger partial charge in [-0.1, -0.05) is 31.9 Å². The maximum absolute atomic E-state index is 11.1. The molecule has 1 aliphatic heterocycles. The monoisotopic (exact) mass is 382 g/mol. The molecule has 2 fully saturated rings. The van der Waals surface area contributed by atoms with Gasteiger partial charge in [-0.2, -0.15) is 0 Å². The van der Waals surface area contributed by atoms with Gasteiger partial charge >= 0.3 is 5.97 Å². The first-order valence-corrected chi connectivity index (χ1v) is 11.6. The van der Waals surface area contributed by atoms with Crippen molar-refractivity contribution in [3.63, 3.8) is 0 Å². The second-order valence-electron chi connectivity index (χ2n) is 8.13. The molecule has 150 valence electrons. The average molecular weight is 383 g/mol. The Morgan fingerprint density at radius 2 is 2.04 bits per heavy atom. The summed E-state index contributed by atoms with van der Waals surface area (Å²) in [5.74, 6) is 1.50. The zero-order chi connectivity index (χ0) is 18.8. The summed E-state index contributed by atoms with van der Waals surface area (Å²) in [6, 6.07) is 0. The largest absolute Gasteiger partial charge is 0.469 e. The van der Waals surface area contributed by atoms with Crippen molar-refractivity contribution >= 4 is 17.7 Å². The van der Waals surface area contributed by atoms with Crippen LogP contribution in [0.5, 0.6) is 0 Å². The molecular weight excluding hydrogens is 344 g/mol. The number of hydrogen-bond donors (Lipinski definition) is 1. The van der Waals surface area contributed by atoms with Crippen LogP contribution < -0.4 is 0 Å². The second kappa shape index (κ2) is 11.4. The van der Waals surface area contributed by atoms with Gasteiger partial charge in [-0.15, -0.1) is 11.8 Å². The SMILES string of the molecule is CCCCCC1(O)CC[C@@H]2C(C/C=C\CCCCC(=O)OC)CC[C@H]2S1. The molecule has 1 saturated carbocycles. The molecule has 0 bridgehead atoms. The third-order valence-corrected chi connectivity index (χ3v) is 7.88. The predicted octanol–water partition coefficient (Wildman–Crippen LogP) is 5.86. The van der Waals surface area contributed by atoms with Crippen molar-refractivity contribution in [3.05, 3.63) is 12.2 Å². The van der Waals surface area contributed by atoms with E-state index in [0.29, 0.717) is 11.7 Å². The molecule has 4 atom stereocenters. The fourth-order valence-electron chi connectivity index (χ4n) is 4.56. The molecule has 0 spiro atoms. The lowest BCUT2D eigenvalue weighted by Crippen LogP contribution is -2.36. The van der Waals surface area contributed by atoms with Crippen LogP contribution in [-0.4, -0.2) is 28.4 Å². The molecule has 1 aliphatic carbocycles. The number of unbranched alkanes of at least 4 members (excludes halogenated alkanes) is 4. The smallest absolute Gasteiger partial charge is 0.305 e. The van der Waals surface area contributed by atoms with E-state index in [4.69, 9.17) is 0 Å². The first-order valence-electron chi connectivity index (χ1n) is 10.7. The van der Waals surface area contributed by atoms with E-state index in [1.165, 1.54) is 52.1 Å². The van der Waals surface area contributed by atoms with Crippen LogP contribution in [0.2, 0.25) is 0 Å². The van der Waals surface area contributed by atoms with E-state index in [1.54, 1.807) is 0 Å². The summed E-state index contributed by atoms with van der Waals surface area (Å²) in [4.78, 5) is 10.6. The van der Waals surface area contributed by atoms with Gasteiger partial charge in [0, 0.05) is 11.7 Å². The van der Waals surface area contributed by atoms with E-state index in [9.17, 15) is 9.90 Å². The Kier molecular flexibility index (Phi) is 9.55. The Morgan fingerprint density at radius 1 is 1.19 bits per heavy atom. The molecular formula is C22H38O3S. The van der Waals surface area contributed by atoms with Crippen LogP contribution in [0.15, 0.2) is 12.2 Å². The molecule has 3 nitrogen and oxygen atoms in total. The van der Waals surface area contributed by atoms with E-state index in [1.807, 2.05) is 11.8 Å². The van der Waals surface area contributed by atoms with E-state index in [-0.39, 0.29) is 5.97 Å². The van der Waals surface area contributed by atoms with Crippen LogP contribution >= 0.6 is 11.8 Å². The number of rotatable bonds is 11. The minimum absolute atomic E-state index is 0.101. The summed E-state index contributed by atoms with van der Waals surface area (Å²) < 4.78 is 4.66. The van der Waals surface area contributed by atoms with Gasteiger partial charge in [0.15, 0.2) is 0 Å². The number of fused-ring (bicyclic) bond motifs is 1. The molecule has 0 radical (unpaired) electrons. The number of allylic oxidation sites excluding steroid dienone is 2. The van der Waals surface area contributed by atoms with Crippen LogP contribution in [0.3, 0.4) is 0 Å². The highest BCUT2D eigenvalue weighted by Crippen LogP contribution is 2.53. The Morgan fingerprint density at radius 3 is 2.81 bits per heavy atom. The second-order valence-corrected chi connectivity index (χ2v) is 9.73. The number of esters is 1. The number of hydrogen-bond acceptors (Lipinski definition) is 4. The molecule has 2 aliphatic rings. The minimum Gasteiger partial charge on any atom is -0.469 e. The minimum atomic E-state index is -0.444. The standard InChI is InChI=1S/C22H38O3S/c1-3-4-10-16-22(24)17-15-19-18(13-14-20(19)26-22)11-8-6-5-7-9-12-21(23)25-2/h6,8,18-20,24H,3-5,7,9-17H2,1-2H3/b8-6-/t18?,19-,20-,22?/m1/s1. The Hall–Kier alpha value is -0.480. The van der Waals surface area contributed by atoms with Gasteiger partial charge in [-0.3, -0.25) is 4.79 Å². The molecule has 1 saturated heterocycles. The van der Waals surface area contributed by atoms with Gasteiger partial charge in [0.25, 0.3) is 0 Å². The quantitative estimate of drug-likeness (QED) is 0.276. The van der Waals surface area contributed by atoms with Gasteiger partial charge < -0.3 is 9.84 Å². The zero-order valence-electron chi connectivity index (χ0n) is 16.8. The number of methoxy groups -OCH3 is 1. The number of thioether (sulfide) groups is 1. The van der Waals surface area contributed by atoms with E-state index < -0.39 is 4.93 Å². The van der Waals surface area contributed by atoms with Crippen LogP contribution in [0, 0.1) is 11.8 Å². The maximum Gasteiger partial charge on any atom is 0.305 e. The Balaban J connectivity index is 1.64. The van der Waals surface area contributed by atoms with Crippen molar-refractivity contribution in [3.8, 4) is 0 Å². The summed E-state index contributed by atoms with van der Waals surface area (Å²) in [7, 11) is 1.45. The third kappa shape index (κ3) is 6.92. The van der Waals surface area contributed by atoms with Gasteiger partial charge in [0.2, 0.25) is 0 Å². The Bertz CT molecular complexity index is 451. The van der Waals surface area contributed by atoms with Gasteiger partial charge in [0.1, 0.15) is 4.93 Å². The molecule has 1 heterocycles. The number of carbonyl (C=O) groups is 1. The van der Waals surface area contributed by atoms with Crippen molar-refractivity contribution in [2.45, 2.75) is 101 Å². The lowest BCUT2D eigenvalue weighted by Gasteiger charge is -2.40. The molecule has 0 aromatic heterocycles. The highest BCUT2D eigenvalue weighted by atomic mass is 32.2. The van der Waals surface area contributed by atoms with E-state index >= 15 is 0 Å². The van der Waals surface area contributed by atoms with Crippen molar-refractivity contribution in [2.24, 2.45) is 11.8 Å². The molecule has 0 amide bonds. The van der Waals surface area contributed by atoms with Crippen molar-refractivity contribution in [1.29, 1.82) is 0 Å². The molecule has 2 rings (SSSR count). The van der Waals surface area contributed by atoms with Crippen LogP contribution in [-0.2, 0) is 9.53 Å². The topological polar surface area (TPSA) is 46.5 Å². The summed E-state index contributed by atoms with van der Waals surface area (Å²) in [5.41, 5.74) is 0. The van der Waals surface area contributed by atoms with Crippen molar-refractivity contribution in [1.82, 2.24) is 0 Å². The molecule has 2 unspecified atom stereocenters. The zero-order valence-corrected chi connectivity index (χ0v) is 17.6. The van der Waals surface area contributed by atoms with E-state index in [0.717, 1.165) is 43.9 Å². The van der Waals surface area contributed by atoms with Gasteiger partial charge in [-0.05, 0) is 76.0 Å². The van der Waals surface area contributed by atoms with Gasteiger partial charge in [-0.25, -0.2) is 0 Å². The molecule has 26 heavy (non-hydrogen) atoms. The predicted molar refractivity (Wildman–Crippen MR) is 110 cm³/mol. The summed E-state index contributed by atoms with van der Waals surface area (Å²) in [5, 5.41) is 11.6. The number of aliphatic hydroxyl groups is 1. The maximum atomic E-state index is 11.1. The number of carbonyl (C=O) groups excluding carboxylic acids is 1. The van der Waals surface area contributed by atoms with Crippen molar-refractivity contribution in [2.75, 3.05) is 7.11 Å². The highest BCUT2D eigenvalue weighted by molar-refractivity contribution is 8.01. The van der Waals surface area contributed by atoms with Gasteiger partial charge in [0.05, 0.1) is 7.11 Å². The van der Waals surface area contributed by atoms with Crippen LogP contribution in [0.4, 0.5) is 0 Å². The Labute approximate surface area is 164 Å². The first kappa shape index (κ1) is 21.8. The lowest BCUT2D eigenvalue weighted by atomic mass is 9.86. The lowest BCUT2D eigenvalue weighted by molar-refractivity contribution is -0.140. The fourth-order valence-corrected chi connectivity index (χ4v) is 6.41. The molecule has 0 aromatic rings.